The number of nitrogens with zero attached hydrogens (tertiary/aromatic N) is 1. The Morgan fingerprint density at radius 1 is 1.24 bits per heavy atom. The second-order valence-electron chi connectivity index (χ2n) is 6.40. The first-order chi connectivity index (χ1) is 9.88. The molecule has 1 heterocycles. The van der Waals surface area contributed by atoms with Crippen LogP contribution in [0.15, 0.2) is 12.1 Å². The molecule has 1 fully saturated rings. The number of nitrogens with two attached hydrogens (primary N) is 2. The molecule has 1 amide bonds. The Bertz CT molecular complexity index is 496. The Morgan fingerprint density at radius 3 is 2.24 bits per heavy atom. The summed E-state index contributed by atoms with van der Waals surface area (Å²) in [5.41, 5.74) is 16.9. The van der Waals surface area contributed by atoms with Crippen LogP contribution in [0.25, 0.3) is 0 Å². The molecule has 0 aliphatic carbocycles. The van der Waals surface area contributed by atoms with Gasteiger partial charge in [0.15, 0.2) is 0 Å². The van der Waals surface area contributed by atoms with Gasteiger partial charge in [0.1, 0.15) is 0 Å². The summed E-state index contributed by atoms with van der Waals surface area (Å²) in [6.07, 6.45) is 1.71. The number of aryl methyl sites for hydroxylation is 3. The van der Waals surface area contributed by atoms with E-state index in [1.165, 1.54) is 22.3 Å². The van der Waals surface area contributed by atoms with Crippen molar-refractivity contribution < 1.29 is 4.79 Å². The van der Waals surface area contributed by atoms with Crippen LogP contribution in [0.2, 0.25) is 0 Å². The standard InChI is InChI=1S/C17H27N3O/c1-11-8-12(2)16(13(3)9-11)15(18)10-20-6-4-14(5-7-20)17(19)21/h8-9,14-15H,4-7,10,18H2,1-3H3,(H2,19,21). The minimum atomic E-state index is -0.163. The third-order valence-electron chi connectivity index (χ3n) is 4.55. The van der Waals surface area contributed by atoms with Crippen LogP contribution in [0.4, 0.5) is 0 Å². The molecule has 2 rings (SSSR count). The Morgan fingerprint density at radius 2 is 1.76 bits per heavy atom. The van der Waals surface area contributed by atoms with Crippen LogP contribution in [0.5, 0.6) is 0 Å². The summed E-state index contributed by atoms with van der Waals surface area (Å²) in [5.74, 6) is -0.121. The molecule has 1 unspecified atom stereocenters. The van der Waals surface area contributed by atoms with Crippen LogP contribution < -0.4 is 11.5 Å². The van der Waals surface area contributed by atoms with E-state index in [0.717, 1.165) is 32.5 Å². The number of benzene rings is 1. The molecule has 1 aromatic carbocycles. The van der Waals surface area contributed by atoms with Crippen LogP contribution in [0.1, 0.15) is 41.1 Å². The lowest BCUT2D eigenvalue weighted by molar-refractivity contribution is -0.123. The van der Waals surface area contributed by atoms with Crippen molar-refractivity contribution in [1.82, 2.24) is 4.90 Å². The molecule has 1 saturated heterocycles. The molecule has 4 heteroatoms. The molecule has 1 aliphatic heterocycles. The summed E-state index contributed by atoms with van der Waals surface area (Å²) in [4.78, 5) is 13.6. The van der Waals surface area contributed by atoms with Crippen LogP contribution in [0, 0.1) is 26.7 Å². The van der Waals surface area contributed by atoms with Gasteiger partial charge in [0, 0.05) is 18.5 Å². The Balaban J connectivity index is 2.00. The van der Waals surface area contributed by atoms with Crippen molar-refractivity contribution in [3.8, 4) is 0 Å². The second kappa shape index (κ2) is 6.58. The maximum Gasteiger partial charge on any atom is 0.220 e. The van der Waals surface area contributed by atoms with Crippen molar-refractivity contribution in [2.45, 2.75) is 39.7 Å². The predicted octanol–water partition coefficient (Wildman–Crippen LogP) is 1.81. The number of carbonyl (C=O) groups excluding carboxylic acids is 1. The van der Waals surface area contributed by atoms with Crippen LogP contribution in [-0.2, 0) is 4.79 Å². The van der Waals surface area contributed by atoms with Crippen molar-refractivity contribution >= 4 is 5.91 Å². The molecule has 0 radical (unpaired) electrons. The Kier molecular flexibility index (Phi) is 5.01. The first kappa shape index (κ1) is 16.0. The first-order valence-corrected chi connectivity index (χ1v) is 7.73. The monoisotopic (exact) mass is 289 g/mol. The summed E-state index contributed by atoms with van der Waals surface area (Å²) in [6, 6.07) is 4.42. The van der Waals surface area contributed by atoms with Gasteiger partial charge in [-0.05, 0) is 63.4 Å². The van der Waals surface area contributed by atoms with E-state index in [9.17, 15) is 4.79 Å². The molecule has 4 N–H and O–H groups in total. The summed E-state index contributed by atoms with van der Waals surface area (Å²) in [7, 11) is 0. The molecular formula is C17H27N3O. The van der Waals surface area contributed by atoms with Gasteiger partial charge in [0.05, 0.1) is 0 Å². The largest absolute Gasteiger partial charge is 0.369 e. The Labute approximate surface area is 127 Å². The lowest BCUT2D eigenvalue weighted by Crippen LogP contribution is -2.41. The maximum atomic E-state index is 11.2. The molecule has 21 heavy (non-hydrogen) atoms. The van der Waals surface area contributed by atoms with Crippen molar-refractivity contribution in [3.05, 3.63) is 34.4 Å². The quantitative estimate of drug-likeness (QED) is 0.888. The van der Waals surface area contributed by atoms with Crippen LogP contribution in [-0.4, -0.2) is 30.4 Å². The third kappa shape index (κ3) is 3.83. The van der Waals surface area contributed by atoms with E-state index in [0.29, 0.717) is 0 Å². The molecular weight excluding hydrogens is 262 g/mol. The number of piperidine rings is 1. The van der Waals surface area contributed by atoms with Gasteiger partial charge in [-0.3, -0.25) is 4.79 Å². The molecule has 4 nitrogen and oxygen atoms in total. The third-order valence-corrected chi connectivity index (χ3v) is 4.55. The average Bonchev–Trinajstić information content (AvgIpc) is 2.37. The lowest BCUT2D eigenvalue weighted by Gasteiger charge is -2.33. The zero-order chi connectivity index (χ0) is 15.6. The zero-order valence-corrected chi connectivity index (χ0v) is 13.4. The van der Waals surface area contributed by atoms with E-state index in [-0.39, 0.29) is 17.9 Å². The van der Waals surface area contributed by atoms with Gasteiger partial charge in [-0.2, -0.15) is 0 Å². The molecule has 0 spiro atoms. The number of amides is 1. The average molecular weight is 289 g/mol. The van der Waals surface area contributed by atoms with Gasteiger partial charge in [-0.25, -0.2) is 0 Å². The summed E-state index contributed by atoms with van der Waals surface area (Å²) in [5, 5.41) is 0. The number of carbonyl (C=O) groups is 1. The van der Waals surface area contributed by atoms with Crippen molar-refractivity contribution in [2.75, 3.05) is 19.6 Å². The number of primary amides is 1. The smallest absolute Gasteiger partial charge is 0.220 e. The molecule has 0 bridgehead atoms. The fourth-order valence-corrected chi connectivity index (χ4v) is 3.55. The van der Waals surface area contributed by atoms with Crippen LogP contribution in [0.3, 0.4) is 0 Å². The molecule has 1 aromatic rings. The van der Waals surface area contributed by atoms with E-state index in [1.807, 2.05) is 0 Å². The van der Waals surface area contributed by atoms with E-state index in [2.05, 4.69) is 37.8 Å². The van der Waals surface area contributed by atoms with E-state index in [4.69, 9.17) is 11.5 Å². The lowest BCUT2D eigenvalue weighted by atomic mass is 9.92. The van der Waals surface area contributed by atoms with Gasteiger partial charge >= 0.3 is 0 Å². The van der Waals surface area contributed by atoms with E-state index in [1.54, 1.807) is 0 Å². The van der Waals surface area contributed by atoms with Gasteiger partial charge in [0.25, 0.3) is 0 Å². The fourth-order valence-electron chi connectivity index (χ4n) is 3.55. The number of rotatable bonds is 4. The summed E-state index contributed by atoms with van der Waals surface area (Å²) >= 11 is 0. The van der Waals surface area contributed by atoms with Gasteiger partial charge in [-0.1, -0.05) is 17.7 Å². The predicted molar refractivity (Wildman–Crippen MR) is 85.9 cm³/mol. The molecule has 1 atom stereocenters. The minimum absolute atomic E-state index is 0.0238. The van der Waals surface area contributed by atoms with E-state index >= 15 is 0 Å². The molecule has 0 saturated carbocycles. The number of likely N-dealkylation sites (tertiary alicyclic amines) is 1. The second-order valence-corrected chi connectivity index (χ2v) is 6.40. The SMILES string of the molecule is Cc1cc(C)c(C(N)CN2CCC(C(N)=O)CC2)c(C)c1. The summed E-state index contributed by atoms with van der Waals surface area (Å²) in [6.45, 7) is 9.04. The zero-order valence-electron chi connectivity index (χ0n) is 13.4. The van der Waals surface area contributed by atoms with Crippen LogP contribution >= 0.6 is 0 Å². The molecule has 1 aliphatic rings. The summed E-state index contributed by atoms with van der Waals surface area (Å²) < 4.78 is 0. The Hall–Kier alpha value is -1.39. The first-order valence-electron chi connectivity index (χ1n) is 7.73. The van der Waals surface area contributed by atoms with Crippen molar-refractivity contribution in [3.63, 3.8) is 0 Å². The fraction of sp³-hybridized carbons (Fsp3) is 0.588. The van der Waals surface area contributed by atoms with E-state index < -0.39 is 0 Å². The highest BCUT2D eigenvalue weighted by Crippen LogP contribution is 2.24. The number of hydrogen-bond acceptors (Lipinski definition) is 3. The van der Waals surface area contributed by atoms with Gasteiger partial charge in [-0.15, -0.1) is 0 Å². The van der Waals surface area contributed by atoms with Crippen molar-refractivity contribution in [2.24, 2.45) is 17.4 Å². The highest BCUT2D eigenvalue weighted by Gasteiger charge is 2.24. The topological polar surface area (TPSA) is 72.3 Å². The van der Waals surface area contributed by atoms with Crippen molar-refractivity contribution in [1.29, 1.82) is 0 Å². The minimum Gasteiger partial charge on any atom is -0.369 e. The highest BCUT2D eigenvalue weighted by atomic mass is 16.1. The number of hydrogen-bond donors (Lipinski definition) is 2. The normalized spacial score (nSPS) is 18.7. The van der Waals surface area contributed by atoms with Gasteiger partial charge in [0.2, 0.25) is 5.91 Å². The highest BCUT2D eigenvalue weighted by molar-refractivity contribution is 5.76. The molecule has 0 aromatic heterocycles. The molecule has 116 valence electrons. The maximum absolute atomic E-state index is 11.2. The van der Waals surface area contributed by atoms with Gasteiger partial charge < -0.3 is 16.4 Å².